The quantitative estimate of drug-likeness (QED) is 0.259. The second-order valence-corrected chi connectivity index (χ2v) is 10.0. The number of rotatable bonds is 12. The summed E-state index contributed by atoms with van der Waals surface area (Å²) in [5.41, 5.74) is 4.47. The molecular weight excluding hydrogens is 470 g/mol. The van der Waals surface area contributed by atoms with Gasteiger partial charge in [0, 0.05) is 12.1 Å². The molecule has 2 amide bonds. The SMILES string of the molecule is CCOC(=O)CN1C(=O)[C@@H](NC(=O)[C@@H](CNOCc2ccccc2)Cc2ccccc2)CCCC1(C)C. The molecule has 1 saturated heterocycles. The minimum atomic E-state index is -0.702. The molecule has 0 aromatic heterocycles. The second-order valence-electron chi connectivity index (χ2n) is 10.0. The van der Waals surface area contributed by atoms with Crippen LogP contribution in [0.15, 0.2) is 60.7 Å². The monoisotopic (exact) mass is 509 g/mol. The number of amides is 2. The number of ether oxygens (including phenoxy) is 1. The van der Waals surface area contributed by atoms with Gasteiger partial charge in [-0.05, 0) is 57.6 Å². The number of hydrogen-bond donors (Lipinski definition) is 2. The summed E-state index contributed by atoms with van der Waals surface area (Å²) in [7, 11) is 0. The van der Waals surface area contributed by atoms with Gasteiger partial charge in [0.2, 0.25) is 11.8 Å². The van der Waals surface area contributed by atoms with Crippen molar-refractivity contribution in [3.8, 4) is 0 Å². The summed E-state index contributed by atoms with van der Waals surface area (Å²) in [6.45, 7) is 6.41. The molecular formula is C29H39N3O5. The molecule has 1 heterocycles. The normalized spacial score (nSPS) is 18.1. The Bertz CT molecular complexity index is 1010. The second kappa shape index (κ2) is 13.9. The molecule has 1 aliphatic heterocycles. The first-order chi connectivity index (χ1) is 17.8. The maximum absolute atomic E-state index is 13.5. The Kier molecular flexibility index (Phi) is 10.7. The van der Waals surface area contributed by atoms with Gasteiger partial charge in [0.25, 0.3) is 0 Å². The highest BCUT2D eigenvalue weighted by molar-refractivity contribution is 5.91. The van der Waals surface area contributed by atoms with Gasteiger partial charge >= 0.3 is 5.97 Å². The molecule has 2 N–H and O–H groups in total. The van der Waals surface area contributed by atoms with Crippen molar-refractivity contribution in [2.24, 2.45) is 5.92 Å². The molecule has 37 heavy (non-hydrogen) atoms. The van der Waals surface area contributed by atoms with E-state index in [9.17, 15) is 14.4 Å². The number of likely N-dealkylation sites (tertiary alicyclic amines) is 1. The summed E-state index contributed by atoms with van der Waals surface area (Å²) in [6.07, 6.45) is 2.49. The minimum Gasteiger partial charge on any atom is -0.465 e. The van der Waals surface area contributed by atoms with Crippen molar-refractivity contribution in [3.05, 3.63) is 71.8 Å². The number of nitrogens with one attached hydrogen (secondary N) is 2. The van der Waals surface area contributed by atoms with E-state index in [-0.39, 0.29) is 31.5 Å². The number of esters is 1. The lowest BCUT2D eigenvalue weighted by molar-refractivity contribution is -0.153. The average Bonchev–Trinajstić information content (AvgIpc) is 2.98. The van der Waals surface area contributed by atoms with Gasteiger partial charge in [-0.2, -0.15) is 0 Å². The molecule has 8 nitrogen and oxygen atoms in total. The van der Waals surface area contributed by atoms with E-state index in [1.54, 1.807) is 11.8 Å². The summed E-state index contributed by atoms with van der Waals surface area (Å²) in [5.74, 6) is -1.39. The summed E-state index contributed by atoms with van der Waals surface area (Å²) in [5, 5.41) is 2.98. The third-order valence-corrected chi connectivity index (χ3v) is 6.69. The van der Waals surface area contributed by atoms with E-state index in [1.807, 2.05) is 74.5 Å². The molecule has 1 aliphatic rings. The lowest BCUT2D eigenvalue weighted by Gasteiger charge is -2.37. The maximum atomic E-state index is 13.5. The van der Waals surface area contributed by atoms with Crippen molar-refractivity contribution in [3.63, 3.8) is 0 Å². The summed E-state index contributed by atoms with van der Waals surface area (Å²) in [4.78, 5) is 46.4. The molecule has 2 atom stereocenters. The molecule has 0 spiro atoms. The van der Waals surface area contributed by atoms with Crippen LogP contribution in [0.1, 0.15) is 51.2 Å². The van der Waals surface area contributed by atoms with E-state index in [0.717, 1.165) is 24.0 Å². The zero-order valence-electron chi connectivity index (χ0n) is 22.1. The Balaban J connectivity index is 1.67. The van der Waals surface area contributed by atoms with E-state index >= 15 is 0 Å². The largest absolute Gasteiger partial charge is 0.465 e. The Morgan fingerprint density at radius 2 is 1.70 bits per heavy atom. The zero-order chi connectivity index (χ0) is 26.7. The summed E-state index contributed by atoms with van der Waals surface area (Å²) in [6, 6.07) is 18.8. The van der Waals surface area contributed by atoms with Crippen LogP contribution >= 0.6 is 0 Å². The molecule has 0 bridgehead atoms. The number of benzene rings is 2. The number of hydroxylamine groups is 1. The molecule has 0 unspecified atom stereocenters. The molecule has 2 aromatic carbocycles. The number of carbonyl (C=O) groups is 3. The fraction of sp³-hybridized carbons (Fsp3) is 0.483. The Morgan fingerprint density at radius 3 is 2.35 bits per heavy atom. The minimum absolute atomic E-state index is 0.131. The molecule has 2 aromatic rings. The molecule has 8 heteroatoms. The number of carbonyl (C=O) groups excluding carboxylic acids is 3. The van der Waals surface area contributed by atoms with Crippen LogP contribution in [0.2, 0.25) is 0 Å². The van der Waals surface area contributed by atoms with Crippen LogP contribution in [0.4, 0.5) is 0 Å². The van der Waals surface area contributed by atoms with Crippen molar-refractivity contribution in [2.75, 3.05) is 19.7 Å². The molecule has 0 saturated carbocycles. The molecule has 0 radical (unpaired) electrons. The van der Waals surface area contributed by atoms with Crippen LogP contribution in [-0.2, 0) is 37.0 Å². The number of nitrogens with zero attached hydrogens (tertiary/aromatic N) is 1. The standard InChI is InChI=1S/C29H39N3O5/c1-4-36-26(33)20-32-28(35)25(16-11-17-29(32,2)3)31-27(34)24(18-22-12-7-5-8-13-22)19-30-37-21-23-14-9-6-10-15-23/h5-10,12-15,24-25,30H,4,11,16-21H2,1-3H3,(H,31,34)/t24-,25+/m1/s1. The third kappa shape index (κ3) is 8.68. The Labute approximate surface area is 219 Å². The van der Waals surface area contributed by atoms with E-state index in [0.29, 0.717) is 19.4 Å². The average molecular weight is 510 g/mol. The first-order valence-corrected chi connectivity index (χ1v) is 13.0. The third-order valence-electron chi connectivity index (χ3n) is 6.69. The first kappa shape index (κ1) is 28.3. The Morgan fingerprint density at radius 1 is 1.05 bits per heavy atom. The van der Waals surface area contributed by atoms with E-state index < -0.39 is 23.5 Å². The van der Waals surface area contributed by atoms with Gasteiger partial charge in [-0.3, -0.25) is 19.2 Å². The summed E-state index contributed by atoms with van der Waals surface area (Å²) < 4.78 is 5.09. The molecule has 200 valence electrons. The van der Waals surface area contributed by atoms with Crippen molar-refractivity contribution >= 4 is 17.8 Å². The lowest BCUT2D eigenvalue weighted by Crippen LogP contribution is -2.56. The van der Waals surface area contributed by atoms with Crippen LogP contribution in [0.3, 0.4) is 0 Å². The van der Waals surface area contributed by atoms with Crippen molar-refractivity contribution in [2.45, 2.75) is 64.6 Å². The lowest BCUT2D eigenvalue weighted by atomic mass is 9.96. The van der Waals surface area contributed by atoms with Gasteiger partial charge < -0.3 is 15.0 Å². The predicted molar refractivity (Wildman–Crippen MR) is 141 cm³/mol. The van der Waals surface area contributed by atoms with Crippen LogP contribution < -0.4 is 10.8 Å². The van der Waals surface area contributed by atoms with E-state index in [1.165, 1.54) is 0 Å². The smallest absolute Gasteiger partial charge is 0.325 e. The highest BCUT2D eigenvalue weighted by atomic mass is 16.6. The van der Waals surface area contributed by atoms with Crippen LogP contribution in [-0.4, -0.2) is 54.0 Å². The van der Waals surface area contributed by atoms with Crippen LogP contribution in [0.25, 0.3) is 0 Å². The van der Waals surface area contributed by atoms with E-state index in [2.05, 4.69) is 10.8 Å². The predicted octanol–water partition coefficient (Wildman–Crippen LogP) is 3.41. The first-order valence-electron chi connectivity index (χ1n) is 13.0. The Hall–Kier alpha value is -3.23. The van der Waals surface area contributed by atoms with Gasteiger partial charge in [-0.1, -0.05) is 60.7 Å². The topological polar surface area (TPSA) is 97.0 Å². The van der Waals surface area contributed by atoms with Crippen LogP contribution in [0.5, 0.6) is 0 Å². The van der Waals surface area contributed by atoms with E-state index in [4.69, 9.17) is 9.57 Å². The molecule has 0 aliphatic carbocycles. The van der Waals surface area contributed by atoms with Gasteiger partial charge in [0.15, 0.2) is 0 Å². The number of hydrogen-bond acceptors (Lipinski definition) is 6. The van der Waals surface area contributed by atoms with Crippen LogP contribution in [0, 0.1) is 5.92 Å². The van der Waals surface area contributed by atoms with Gasteiger partial charge in [-0.15, -0.1) is 0 Å². The fourth-order valence-corrected chi connectivity index (χ4v) is 4.56. The molecule has 3 rings (SSSR count). The van der Waals surface area contributed by atoms with Gasteiger partial charge in [0.05, 0.1) is 19.1 Å². The van der Waals surface area contributed by atoms with Gasteiger partial charge in [0.1, 0.15) is 12.6 Å². The highest BCUT2D eigenvalue weighted by Gasteiger charge is 2.40. The van der Waals surface area contributed by atoms with Gasteiger partial charge in [-0.25, -0.2) is 5.48 Å². The summed E-state index contributed by atoms with van der Waals surface area (Å²) >= 11 is 0. The molecule has 1 fully saturated rings. The highest BCUT2D eigenvalue weighted by Crippen LogP contribution is 2.27. The van der Waals surface area contributed by atoms with Crippen molar-refractivity contribution in [1.29, 1.82) is 0 Å². The fourth-order valence-electron chi connectivity index (χ4n) is 4.56. The van der Waals surface area contributed by atoms with Crippen molar-refractivity contribution in [1.82, 2.24) is 15.7 Å². The van der Waals surface area contributed by atoms with Crippen molar-refractivity contribution < 1.29 is 24.0 Å². The zero-order valence-corrected chi connectivity index (χ0v) is 22.1. The maximum Gasteiger partial charge on any atom is 0.325 e.